The van der Waals surface area contributed by atoms with Crippen LogP contribution in [0.5, 0.6) is 0 Å². The number of fused-ring (bicyclic) bond motifs is 1. The Kier molecular flexibility index (Phi) is 3.07. The summed E-state index contributed by atoms with van der Waals surface area (Å²) in [5.41, 5.74) is 0.194. The van der Waals surface area contributed by atoms with Gasteiger partial charge in [-0.1, -0.05) is 24.3 Å². The average Bonchev–Trinajstić information content (AvgIpc) is 2.26. The molecule has 0 aliphatic rings. The number of hydrogen-bond acceptors (Lipinski definition) is 2. The van der Waals surface area contributed by atoms with E-state index in [2.05, 4.69) is 4.98 Å². The van der Waals surface area contributed by atoms with Crippen molar-refractivity contribution < 1.29 is 18.0 Å². The third-order valence-electron chi connectivity index (χ3n) is 2.65. The predicted octanol–water partition coefficient (Wildman–Crippen LogP) is 3.47. The molecule has 1 aromatic carbocycles. The van der Waals surface area contributed by atoms with Gasteiger partial charge in [0.1, 0.15) is 5.78 Å². The minimum absolute atomic E-state index is 0.256. The number of pyridine rings is 1. The molecule has 5 heteroatoms. The second kappa shape index (κ2) is 4.40. The van der Waals surface area contributed by atoms with Crippen LogP contribution in [-0.4, -0.2) is 16.9 Å². The van der Waals surface area contributed by atoms with Crippen molar-refractivity contribution in [3.8, 4) is 0 Å². The van der Waals surface area contributed by atoms with E-state index in [1.807, 2.05) is 0 Å². The lowest BCUT2D eigenvalue weighted by Gasteiger charge is -2.17. The average molecular weight is 253 g/mol. The van der Waals surface area contributed by atoms with Gasteiger partial charge >= 0.3 is 6.18 Å². The van der Waals surface area contributed by atoms with E-state index in [0.717, 1.165) is 12.3 Å². The number of carbonyl (C=O) groups excluding carboxylic acids is 1. The molecule has 0 N–H and O–H groups in total. The van der Waals surface area contributed by atoms with Crippen molar-refractivity contribution >= 4 is 16.7 Å². The zero-order valence-electron chi connectivity index (χ0n) is 9.53. The van der Waals surface area contributed by atoms with Gasteiger partial charge in [-0.2, -0.15) is 13.2 Å². The Morgan fingerprint density at radius 3 is 2.44 bits per heavy atom. The Hall–Kier alpha value is -1.91. The third kappa shape index (κ3) is 2.34. The highest BCUT2D eigenvalue weighted by atomic mass is 19.4. The van der Waals surface area contributed by atoms with Crippen LogP contribution in [0.2, 0.25) is 0 Å². The fourth-order valence-corrected chi connectivity index (χ4v) is 1.85. The molecule has 0 saturated carbocycles. The van der Waals surface area contributed by atoms with E-state index in [1.165, 1.54) is 6.07 Å². The number of hydrogen-bond donors (Lipinski definition) is 0. The van der Waals surface area contributed by atoms with Crippen LogP contribution in [-0.2, 0) is 4.79 Å². The molecule has 2 nitrogen and oxygen atoms in total. The number of benzene rings is 1. The molecular weight excluding hydrogens is 243 g/mol. The lowest BCUT2D eigenvalue weighted by Crippen LogP contribution is -2.27. The van der Waals surface area contributed by atoms with Gasteiger partial charge in [-0.15, -0.1) is 0 Å². The van der Waals surface area contributed by atoms with E-state index in [0.29, 0.717) is 5.52 Å². The number of ketones is 1. The molecule has 1 heterocycles. The van der Waals surface area contributed by atoms with E-state index in [4.69, 9.17) is 0 Å². The van der Waals surface area contributed by atoms with Crippen molar-refractivity contribution in [2.75, 3.05) is 0 Å². The standard InChI is InChI=1S/C13H10F3NO/c1-8(18)12(13(14,15)16)11-7-6-9-4-2-3-5-10(9)17-11/h2-7,12H,1H3. The summed E-state index contributed by atoms with van der Waals surface area (Å²) < 4.78 is 38.4. The minimum Gasteiger partial charge on any atom is -0.299 e. The van der Waals surface area contributed by atoms with E-state index in [9.17, 15) is 18.0 Å². The van der Waals surface area contributed by atoms with Crippen molar-refractivity contribution in [3.05, 3.63) is 42.1 Å². The number of carbonyl (C=O) groups is 1. The zero-order valence-corrected chi connectivity index (χ0v) is 9.53. The van der Waals surface area contributed by atoms with Gasteiger partial charge in [-0.25, -0.2) is 0 Å². The molecule has 0 radical (unpaired) electrons. The highest BCUT2D eigenvalue weighted by Crippen LogP contribution is 2.35. The van der Waals surface area contributed by atoms with Gasteiger partial charge in [0, 0.05) is 5.39 Å². The maximum atomic E-state index is 12.8. The Morgan fingerprint density at radius 2 is 1.83 bits per heavy atom. The van der Waals surface area contributed by atoms with E-state index in [1.54, 1.807) is 30.3 Å². The molecule has 94 valence electrons. The number of aromatic nitrogens is 1. The largest absolute Gasteiger partial charge is 0.404 e. The zero-order chi connectivity index (χ0) is 13.3. The van der Waals surface area contributed by atoms with Crippen LogP contribution in [0.4, 0.5) is 13.2 Å². The highest BCUT2D eigenvalue weighted by Gasteiger charge is 2.45. The van der Waals surface area contributed by atoms with Crippen molar-refractivity contribution in [1.82, 2.24) is 4.98 Å². The normalized spacial score (nSPS) is 13.6. The summed E-state index contributed by atoms with van der Waals surface area (Å²) in [5.74, 6) is -3.10. The number of nitrogens with zero attached hydrogens (tertiary/aromatic N) is 1. The molecular formula is C13H10F3NO. The molecule has 2 aromatic rings. The molecule has 1 unspecified atom stereocenters. The molecule has 0 amide bonds. The highest BCUT2D eigenvalue weighted by molar-refractivity contribution is 5.85. The monoisotopic (exact) mass is 253 g/mol. The SMILES string of the molecule is CC(=O)C(c1ccc2ccccc2n1)C(F)(F)F. The quantitative estimate of drug-likeness (QED) is 0.820. The van der Waals surface area contributed by atoms with Crippen molar-refractivity contribution in [2.24, 2.45) is 0 Å². The van der Waals surface area contributed by atoms with Crippen LogP contribution in [0.25, 0.3) is 10.9 Å². The van der Waals surface area contributed by atoms with Crippen LogP contribution in [0.3, 0.4) is 0 Å². The summed E-state index contributed by atoms with van der Waals surface area (Å²) in [6.45, 7) is 0.926. The maximum Gasteiger partial charge on any atom is 0.404 e. The van der Waals surface area contributed by atoms with E-state index in [-0.39, 0.29) is 5.69 Å². The second-order valence-electron chi connectivity index (χ2n) is 4.01. The van der Waals surface area contributed by atoms with Gasteiger partial charge in [0.25, 0.3) is 0 Å². The van der Waals surface area contributed by atoms with Crippen molar-refractivity contribution in [2.45, 2.75) is 19.0 Å². The summed E-state index contributed by atoms with van der Waals surface area (Å²) >= 11 is 0. The van der Waals surface area contributed by atoms with Crippen molar-refractivity contribution in [1.29, 1.82) is 0 Å². The minimum atomic E-state index is -4.61. The summed E-state index contributed by atoms with van der Waals surface area (Å²) in [6, 6.07) is 9.63. The fourth-order valence-electron chi connectivity index (χ4n) is 1.85. The van der Waals surface area contributed by atoms with Gasteiger partial charge in [-0.05, 0) is 19.1 Å². The first-order chi connectivity index (χ1) is 8.39. The van der Waals surface area contributed by atoms with Gasteiger partial charge in [0.2, 0.25) is 0 Å². The van der Waals surface area contributed by atoms with Crippen LogP contribution in [0.1, 0.15) is 18.5 Å². The molecule has 0 aliphatic carbocycles. The van der Waals surface area contributed by atoms with Gasteiger partial charge in [-0.3, -0.25) is 9.78 Å². The van der Waals surface area contributed by atoms with Gasteiger partial charge in [0.15, 0.2) is 5.92 Å². The number of para-hydroxylation sites is 1. The lowest BCUT2D eigenvalue weighted by molar-refractivity contribution is -0.162. The molecule has 0 spiro atoms. The van der Waals surface area contributed by atoms with Gasteiger partial charge in [0.05, 0.1) is 11.2 Å². The van der Waals surface area contributed by atoms with Crippen LogP contribution in [0, 0.1) is 0 Å². The Balaban J connectivity index is 2.55. The molecule has 1 aromatic heterocycles. The van der Waals surface area contributed by atoms with Crippen LogP contribution >= 0.6 is 0 Å². The molecule has 0 saturated heterocycles. The van der Waals surface area contributed by atoms with Crippen LogP contribution in [0.15, 0.2) is 36.4 Å². The first kappa shape index (κ1) is 12.5. The fraction of sp³-hybridized carbons (Fsp3) is 0.231. The smallest absolute Gasteiger partial charge is 0.299 e. The summed E-state index contributed by atoms with van der Waals surface area (Å²) in [6.07, 6.45) is -4.61. The molecule has 0 aliphatic heterocycles. The van der Waals surface area contributed by atoms with Crippen LogP contribution < -0.4 is 0 Å². The molecule has 0 fully saturated rings. The lowest BCUT2D eigenvalue weighted by atomic mass is 9.99. The summed E-state index contributed by atoms with van der Waals surface area (Å²) in [7, 11) is 0. The Labute approximate surface area is 101 Å². The first-order valence-electron chi connectivity index (χ1n) is 5.32. The number of alkyl halides is 3. The molecule has 0 bridgehead atoms. The molecule has 2 rings (SSSR count). The summed E-state index contributed by atoms with van der Waals surface area (Å²) in [5, 5.41) is 0.741. The van der Waals surface area contributed by atoms with E-state index >= 15 is 0 Å². The number of halogens is 3. The molecule has 18 heavy (non-hydrogen) atoms. The first-order valence-corrected chi connectivity index (χ1v) is 5.32. The third-order valence-corrected chi connectivity index (χ3v) is 2.65. The predicted molar refractivity (Wildman–Crippen MR) is 61.2 cm³/mol. The summed E-state index contributed by atoms with van der Waals surface area (Å²) in [4.78, 5) is 15.1. The second-order valence-corrected chi connectivity index (χ2v) is 4.01. The number of Topliss-reactive ketones (excluding diaryl/α,β-unsaturated/α-hetero) is 1. The Bertz CT molecular complexity index is 592. The Morgan fingerprint density at radius 1 is 1.17 bits per heavy atom. The number of rotatable bonds is 2. The maximum absolute atomic E-state index is 12.8. The van der Waals surface area contributed by atoms with Gasteiger partial charge < -0.3 is 0 Å². The molecule has 1 atom stereocenters. The van der Waals surface area contributed by atoms with E-state index < -0.39 is 17.9 Å². The van der Waals surface area contributed by atoms with Crippen molar-refractivity contribution in [3.63, 3.8) is 0 Å². The topological polar surface area (TPSA) is 30.0 Å².